The lowest BCUT2D eigenvalue weighted by molar-refractivity contribution is -0.0594. The van der Waals surface area contributed by atoms with Crippen LogP contribution in [0, 0.1) is 26.9 Å². The number of halogens is 1. The number of rotatable bonds is 3. The first kappa shape index (κ1) is 13.8. The van der Waals surface area contributed by atoms with Gasteiger partial charge in [-0.2, -0.15) is 5.10 Å². The van der Waals surface area contributed by atoms with E-state index in [2.05, 4.69) is 51.5 Å². The van der Waals surface area contributed by atoms with Gasteiger partial charge in [-0.05, 0) is 96.8 Å². The highest BCUT2D eigenvalue weighted by atomic mass is 127. The topological polar surface area (TPSA) is 17.8 Å². The van der Waals surface area contributed by atoms with Crippen molar-refractivity contribution >= 4 is 33.5 Å². The summed E-state index contributed by atoms with van der Waals surface area (Å²) in [6.45, 7) is 1.11. The molecule has 0 radical (unpaired) electrons. The second-order valence-electron chi connectivity index (χ2n) is 8.20. The van der Waals surface area contributed by atoms with Gasteiger partial charge in [-0.15, -0.1) is 0 Å². The van der Waals surface area contributed by atoms with Gasteiger partial charge in [0.25, 0.3) is 0 Å². The molecule has 0 spiro atoms. The molecule has 22 heavy (non-hydrogen) atoms. The molecule has 1 heterocycles. The lowest BCUT2D eigenvalue weighted by Crippen LogP contribution is -2.46. The van der Waals surface area contributed by atoms with Gasteiger partial charge in [-0.3, -0.25) is 4.68 Å². The molecule has 3 heteroatoms. The summed E-state index contributed by atoms with van der Waals surface area (Å²) in [5.41, 5.74) is 1.98. The van der Waals surface area contributed by atoms with E-state index in [-0.39, 0.29) is 0 Å². The standard InChI is InChI=1S/C19H23IN2/c20-18-16-3-1-2-4-17(16)22(21-18)6-5-19-10-13-7-14(11-19)9-15(8-13)12-19/h1-4,13-15H,5-12H2. The molecule has 2 aromatic rings. The third-order valence-corrected chi connectivity index (χ3v) is 7.43. The van der Waals surface area contributed by atoms with Crippen LogP contribution in [0.3, 0.4) is 0 Å². The Balaban J connectivity index is 1.40. The predicted molar refractivity (Wildman–Crippen MR) is 97.7 cm³/mol. The Morgan fingerprint density at radius 2 is 1.68 bits per heavy atom. The van der Waals surface area contributed by atoms with E-state index in [4.69, 9.17) is 5.10 Å². The molecule has 6 rings (SSSR count). The summed E-state index contributed by atoms with van der Waals surface area (Å²) in [5, 5.41) is 6.12. The Bertz CT molecular complexity index is 682. The van der Waals surface area contributed by atoms with Gasteiger partial charge in [0.1, 0.15) is 3.70 Å². The Morgan fingerprint density at radius 3 is 2.36 bits per heavy atom. The number of para-hydroxylation sites is 1. The zero-order valence-electron chi connectivity index (χ0n) is 13.0. The number of hydrogen-bond acceptors (Lipinski definition) is 1. The Hall–Kier alpha value is -0.580. The molecule has 116 valence electrons. The molecular weight excluding hydrogens is 383 g/mol. The normalized spacial score (nSPS) is 36.3. The summed E-state index contributed by atoms with van der Waals surface area (Å²) < 4.78 is 3.43. The zero-order chi connectivity index (χ0) is 14.7. The molecule has 4 bridgehead atoms. The van der Waals surface area contributed by atoms with Crippen LogP contribution >= 0.6 is 22.6 Å². The van der Waals surface area contributed by atoms with E-state index in [1.165, 1.54) is 36.6 Å². The van der Waals surface area contributed by atoms with Gasteiger partial charge >= 0.3 is 0 Å². The first-order valence-corrected chi connectivity index (χ1v) is 9.90. The van der Waals surface area contributed by atoms with Crippen molar-refractivity contribution in [1.82, 2.24) is 9.78 Å². The van der Waals surface area contributed by atoms with Crippen LogP contribution in [0.25, 0.3) is 10.9 Å². The van der Waals surface area contributed by atoms with Crippen LogP contribution in [0.15, 0.2) is 24.3 Å². The van der Waals surface area contributed by atoms with Crippen LogP contribution in [0.4, 0.5) is 0 Å². The summed E-state index contributed by atoms with van der Waals surface area (Å²) in [6.07, 6.45) is 10.5. The van der Waals surface area contributed by atoms with Gasteiger partial charge in [0.15, 0.2) is 0 Å². The molecule has 0 N–H and O–H groups in total. The summed E-state index contributed by atoms with van der Waals surface area (Å²) in [5.74, 6) is 3.17. The van der Waals surface area contributed by atoms with E-state index in [0.717, 1.165) is 28.0 Å². The number of benzene rings is 1. The molecule has 0 atom stereocenters. The van der Waals surface area contributed by atoms with E-state index in [1.54, 1.807) is 19.3 Å². The predicted octanol–water partition coefficient (Wildman–Crippen LogP) is 5.25. The molecule has 4 fully saturated rings. The molecule has 0 saturated heterocycles. The number of aryl methyl sites for hydroxylation is 1. The number of aromatic nitrogens is 2. The van der Waals surface area contributed by atoms with Crippen molar-refractivity contribution in [2.24, 2.45) is 23.2 Å². The average Bonchev–Trinajstić information content (AvgIpc) is 2.81. The number of hydrogen-bond donors (Lipinski definition) is 0. The van der Waals surface area contributed by atoms with Crippen LogP contribution in [0.2, 0.25) is 0 Å². The molecule has 0 aliphatic heterocycles. The highest BCUT2D eigenvalue weighted by Crippen LogP contribution is 2.61. The minimum atomic E-state index is 0.660. The monoisotopic (exact) mass is 406 g/mol. The molecule has 0 amide bonds. The number of nitrogens with zero attached hydrogens (tertiary/aromatic N) is 2. The second kappa shape index (κ2) is 4.96. The first-order valence-electron chi connectivity index (χ1n) is 8.82. The molecule has 4 aliphatic rings. The SMILES string of the molecule is Ic1nn(CCC23CC4CC(CC(C4)C2)C3)c2ccccc12. The second-order valence-corrected chi connectivity index (χ2v) is 9.22. The van der Waals surface area contributed by atoms with Crippen molar-refractivity contribution in [2.75, 3.05) is 0 Å². The van der Waals surface area contributed by atoms with E-state index in [9.17, 15) is 0 Å². The molecule has 4 saturated carbocycles. The van der Waals surface area contributed by atoms with Gasteiger partial charge in [0.2, 0.25) is 0 Å². The maximum Gasteiger partial charge on any atom is 0.131 e. The molecule has 1 aromatic heterocycles. The fraction of sp³-hybridized carbons (Fsp3) is 0.632. The van der Waals surface area contributed by atoms with Crippen molar-refractivity contribution in [3.63, 3.8) is 0 Å². The lowest BCUT2D eigenvalue weighted by Gasteiger charge is -2.57. The Kier molecular flexibility index (Phi) is 3.11. The quantitative estimate of drug-likeness (QED) is 0.637. The van der Waals surface area contributed by atoms with Crippen LogP contribution in [-0.2, 0) is 6.54 Å². The number of fused-ring (bicyclic) bond motifs is 1. The van der Waals surface area contributed by atoms with E-state index >= 15 is 0 Å². The van der Waals surface area contributed by atoms with E-state index in [0.29, 0.717) is 5.41 Å². The summed E-state index contributed by atoms with van der Waals surface area (Å²) in [7, 11) is 0. The van der Waals surface area contributed by atoms with Crippen LogP contribution < -0.4 is 0 Å². The minimum absolute atomic E-state index is 0.660. The molecule has 1 aromatic carbocycles. The summed E-state index contributed by atoms with van der Waals surface area (Å²) in [4.78, 5) is 0. The lowest BCUT2D eigenvalue weighted by atomic mass is 9.49. The van der Waals surface area contributed by atoms with Gasteiger partial charge < -0.3 is 0 Å². The van der Waals surface area contributed by atoms with Crippen LogP contribution in [0.5, 0.6) is 0 Å². The minimum Gasteiger partial charge on any atom is -0.264 e. The van der Waals surface area contributed by atoms with Crippen molar-refractivity contribution < 1.29 is 0 Å². The van der Waals surface area contributed by atoms with Crippen molar-refractivity contribution in [3.05, 3.63) is 28.0 Å². The molecule has 0 unspecified atom stereocenters. The van der Waals surface area contributed by atoms with Gasteiger partial charge in [0, 0.05) is 11.9 Å². The maximum atomic E-state index is 4.81. The van der Waals surface area contributed by atoms with Gasteiger partial charge in [-0.25, -0.2) is 0 Å². The molecule has 4 aliphatic carbocycles. The molecule has 2 nitrogen and oxygen atoms in total. The molecular formula is C19H23IN2. The van der Waals surface area contributed by atoms with Crippen molar-refractivity contribution in [2.45, 2.75) is 51.5 Å². The average molecular weight is 406 g/mol. The van der Waals surface area contributed by atoms with E-state index < -0.39 is 0 Å². The van der Waals surface area contributed by atoms with Gasteiger partial charge in [-0.1, -0.05) is 18.2 Å². The van der Waals surface area contributed by atoms with Crippen molar-refractivity contribution in [1.29, 1.82) is 0 Å². The van der Waals surface area contributed by atoms with Crippen LogP contribution in [0.1, 0.15) is 44.9 Å². The third-order valence-electron chi connectivity index (χ3n) is 6.63. The smallest absolute Gasteiger partial charge is 0.131 e. The highest BCUT2D eigenvalue weighted by molar-refractivity contribution is 14.1. The Morgan fingerprint density at radius 1 is 1.05 bits per heavy atom. The maximum absolute atomic E-state index is 4.81. The first-order chi connectivity index (χ1) is 10.7. The summed E-state index contributed by atoms with van der Waals surface area (Å²) >= 11 is 2.38. The summed E-state index contributed by atoms with van der Waals surface area (Å²) in [6, 6.07) is 8.69. The largest absolute Gasteiger partial charge is 0.264 e. The van der Waals surface area contributed by atoms with Crippen molar-refractivity contribution in [3.8, 4) is 0 Å². The Labute approximate surface area is 145 Å². The van der Waals surface area contributed by atoms with E-state index in [1.807, 2.05) is 0 Å². The fourth-order valence-corrected chi connectivity index (χ4v) is 6.91. The third kappa shape index (κ3) is 2.15. The highest BCUT2D eigenvalue weighted by Gasteiger charge is 2.50. The van der Waals surface area contributed by atoms with Gasteiger partial charge in [0.05, 0.1) is 5.52 Å². The fourth-order valence-electron chi connectivity index (χ4n) is 6.20. The zero-order valence-corrected chi connectivity index (χ0v) is 15.1. The van der Waals surface area contributed by atoms with Crippen LogP contribution in [-0.4, -0.2) is 9.78 Å².